The fourth-order valence-electron chi connectivity index (χ4n) is 0.650. The molecule has 0 aliphatic rings. The average Bonchev–Trinajstić information content (AvgIpc) is 1.87. The highest BCUT2D eigenvalue weighted by Crippen LogP contribution is 1.88. The predicted octanol–water partition coefficient (Wildman–Crippen LogP) is 1.80. The molecule has 0 amide bonds. The van der Waals surface area contributed by atoms with Crippen LogP contribution in [0.4, 0.5) is 0 Å². The van der Waals surface area contributed by atoms with E-state index >= 15 is 0 Å². The normalized spacial score (nSPS) is 13.1. The van der Waals surface area contributed by atoms with Crippen molar-refractivity contribution < 1.29 is 0 Å². The lowest BCUT2D eigenvalue weighted by Gasteiger charge is -2.09. The SMILES string of the molecule is CCC(C)NCCC(C)=N. The van der Waals surface area contributed by atoms with Crippen molar-refractivity contribution in [1.82, 2.24) is 5.32 Å². The molecule has 0 radical (unpaired) electrons. The van der Waals surface area contributed by atoms with Crippen LogP contribution in [-0.2, 0) is 0 Å². The van der Waals surface area contributed by atoms with E-state index in [0.29, 0.717) is 6.04 Å². The van der Waals surface area contributed by atoms with E-state index in [1.54, 1.807) is 0 Å². The Bertz CT molecular complexity index is 99.4. The molecule has 0 spiro atoms. The van der Waals surface area contributed by atoms with Crippen LogP contribution >= 0.6 is 0 Å². The smallest absolute Gasteiger partial charge is 0.00708 e. The van der Waals surface area contributed by atoms with Crippen molar-refractivity contribution >= 4 is 5.71 Å². The molecule has 2 heteroatoms. The van der Waals surface area contributed by atoms with Gasteiger partial charge in [0, 0.05) is 18.3 Å². The van der Waals surface area contributed by atoms with Crippen LogP contribution in [0.3, 0.4) is 0 Å². The fraction of sp³-hybridized carbons (Fsp3) is 0.875. The lowest BCUT2D eigenvalue weighted by atomic mass is 10.2. The zero-order chi connectivity index (χ0) is 7.98. The number of hydrogen-bond donors (Lipinski definition) is 2. The summed E-state index contributed by atoms with van der Waals surface area (Å²) in [6, 6.07) is 0.597. The molecule has 60 valence electrons. The van der Waals surface area contributed by atoms with Gasteiger partial charge in [0.25, 0.3) is 0 Å². The van der Waals surface area contributed by atoms with Gasteiger partial charge in [-0.3, -0.25) is 0 Å². The molecule has 0 aromatic carbocycles. The van der Waals surface area contributed by atoms with Crippen molar-refractivity contribution in [2.75, 3.05) is 6.54 Å². The molecule has 1 unspecified atom stereocenters. The molecule has 0 aliphatic carbocycles. The van der Waals surface area contributed by atoms with Crippen molar-refractivity contribution in [3.63, 3.8) is 0 Å². The zero-order valence-electron chi connectivity index (χ0n) is 7.20. The maximum atomic E-state index is 7.16. The average molecular weight is 142 g/mol. The maximum Gasteiger partial charge on any atom is 0.00708 e. The maximum absolute atomic E-state index is 7.16. The second-order valence-electron chi connectivity index (χ2n) is 2.79. The van der Waals surface area contributed by atoms with Gasteiger partial charge in [-0.05, 0) is 26.7 Å². The van der Waals surface area contributed by atoms with Crippen LogP contribution in [0.1, 0.15) is 33.6 Å². The molecule has 1 atom stereocenters. The van der Waals surface area contributed by atoms with E-state index in [1.807, 2.05) is 6.92 Å². The van der Waals surface area contributed by atoms with E-state index in [4.69, 9.17) is 5.41 Å². The van der Waals surface area contributed by atoms with E-state index in [0.717, 1.165) is 25.1 Å². The van der Waals surface area contributed by atoms with Gasteiger partial charge in [-0.15, -0.1) is 0 Å². The molecule has 0 heterocycles. The molecular formula is C8H18N2. The third-order valence-corrected chi connectivity index (χ3v) is 1.61. The van der Waals surface area contributed by atoms with Gasteiger partial charge in [0.15, 0.2) is 0 Å². The predicted molar refractivity (Wildman–Crippen MR) is 45.8 cm³/mol. The van der Waals surface area contributed by atoms with Gasteiger partial charge in [0.05, 0.1) is 0 Å². The van der Waals surface area contributed by atoms with Crippen LogP contribution in [0, 0.1) is 5.41 Å². The summed E-state index contributed by atoms with van der Waals surface area (Å²) < 4.78 is 0. The van der Waals surface area contributed by atoms with Gasteiger partial charge in [-0.2, -0.15) is 0 Å². The Balaban J connectivity index is 3.11. The Morgan fingerprint density at radius 1 is 1.60 bits per heavy atom. The van der Waals surface area contributed by atoms with Gasteiger partial charge in [-0.25, -0.2) is 0 Å². The summed E-state index contributed by atoms with van der Waals surface area (Å²) in [7, 11) is 0. The molecule has 2 nitrogen and oxygen atoms in total. The first kappa shape index (κ1) is 9.63. The van der Waals surface area contributed by atoms with E-state index in [-0.39, 0.29) is 0 Å². The minimum absolute atomic E-state index is 0.597. The monoisotopic (exact) mass is 142 g/mol. The summed E-state index contributed by atoms with van der Waals surface area (Å²) in [5.74, 6) is 0. The molecule has 0 aliphatic heterocycles. The third-order valence-electron chi connectivity index (χ3n) is 1.61. The van der Waals surface area contributed by atoms with Crippen LogP contribution in [0.5, 0.6) is 0 Å². The van der Waals surface area contributed by atoms with E-state index < -0.39 is 0 Å². The quantitative estimate of drug-likeness (QED) is 0.564. The summed E-state index contributed by atoms with van der Waals surface area (Å²) in [6.45, 7) is 7.12. The van der Waals surface area contributed by atoms with Crippen molar-refractivity contribution in [2.24, 2.45) is 0 Å². The summed E-state index contributed by atoms with van der Waals surface area (Å²) in [6.07, 6.45) is 2.04. The minimum atomic E-state index is 0.597. The molecule has 0 rings (SSSR count). The third kappa shape index (κ3) is 5.76. The molecule has 0 aromatic heterocycles. The van der Waals surface area contributed by atoms with Crippen molar-refractivity contribution in [3.8, 4) is 0 Å². The van der Waals surface area contributed by atoms with Crippen LogP contribution in [-0.4, -0.2) is 18.3 Å². The summed E-state index contributed by atoms with van der Waals surface area (Å²) in [4.78, 5) is 0. The lowest BCUT2D eigenvalue weighted by molar-refractivity contribution is 0.544. The molecule has 0 saturated carbocycles. The van der Waals surface area contributed by atoms with Crippen molar-refractivity contribution in [3.05, 3.63) is 0 Å². The first-order valence-corrected chi connectivity index (χ1v) is 3.94. The van der Waals surface area contributed by atoms with Crippen LogP contribution in [0.2, 0.25) is 0 Å². The van der Waals surface area contributed by atoms with Crippen LogP contribution < -0.4 is 5.32 Å². The standard InChI is InChI=1S/C8H18N2/c1-4-8(3)10-6-5-7(2)9/h8-10H,4-6H2,1-3H3. The Hall–Kier alpha value is -0.370. The number of nitrogens with one attached hydrogen (secondary N) is 2. The van der Waals surface area contributed by atoms with Crippen LogP contribution in [0.15, 0.2) is 0 Å². The van der Waals surface area contributed by atoms with E-state index in [9.17, 15) is 0 Å². The first-order valence-electron chi connectivity index (χ1n) is 3.94. The summed E-state index contributed by atoms with van der Waals surface area (Å²) >= 11 is 0. The molecule has 0 saturated heterocycles. The molecule has 0 aromatic rings. The first-order chi connectivity index (χ1) is 4.66. The van der Waals surface area contributed by atoms with Crippen molar-refractivity contribution in [2.45, 2.75) is 39.7 Å². The summed E-state index contributed by atoms with van der Waals surface area (Å²) in [5, 5.41) is 10.5. The highest BCUT2D eigenvalue weighted by atomic mass is 14.9. The van der Waals surface area contributed by atoms with Gasteiger partial charge < -0.3 is 10.7 Å². The second-order valence-corrected chi connectivity index (χ2v) is 2.79. The molecule has 0 fully saturated rings. The number of rotatable bonds is 5. The molecular weight excluding hydrogens is 124 g/mol. The second kappa shape index (κ2) is 5.42. The Kier molecular flexibility index (Phi) is 5.22. The number of hydrogen-bond acceptors (Lipinski definition) is 2. The van der Waals surface area contributed by atoms with Crippen LogP contribution in [0.25, 0.3) is 0 Å². The minimum Gasteiger partial charge on any atom is -0.314 e. The molecule has 0 bridgehead atoms. The Morgan fingerprint density at radius 3 is 2.60 bits per heavy atom. The fourth-order valence-corrected chi connectivity index (χ4v) is 0.650. The van der Waals surface area contributed by atoms with E-state index in [1.165, 1.54) is 0 Å². The molecule has 2 N–H and O–H groups in total. The van der Waals surface area contributed by atoms with E-state index in [2.05, 4.69) is 19.2 Å². The highest BCUT2D eigenvalue weighted by molar-refractivity contribution is 5.78. The Morgan fingerprint density at radius 2 is 2.20 bits per heavy atom. The van der Waals surface area contributed by atoms with Crippen molar-refractivity contribution in [1.29, 1.82) is 5.41 Å². The summed E-state index contributed by atoms with van der Waals surface area (Å²) in [5.41, 5.74) is 0.760. The topological polar surface area (TPSA) is 35.9 Å². The van der Waals surface area contributed by atoms with Gasteiger partial charge >= 0.3 is 0 Å². The molecule has 10 heavy (non-hydrogen) atoms. The Labute approximate surface area is 63.5 Å². The van der Waals surface area contributed by atoms with Gasteiger partial charge in [0.2, 0.25) is 0 Å². The highest BCUT2D eigenvalue weighted by Gasteiger charge is 1.95. The largest absolute Gasteiger partial charge is 0.314 e. The van der Waals surface area contributed by atoms with Gasteiger partial charge in [0.1, 0.15) is 0 Å². The zero-order valence-corrected chi connectivity index (χ0v) is 7.20. The lowest BCUT2D eigenvalue weighted by Crippen LogP contribution is -2.26. The van der Waals surface area contributed by atoms with Gasteiger partial charge in [-0.1, -0.05) is 6.92 Å².